The van der Waals surface area contributed by atoms with Gasteiger partial charge in [-0.2, -0.15) is 0 Å². The summed E-state index contributed by atoms with van der Waals surface area (Å²) in [6.45, 7) is 3.62. The molecule has 62 valence electrons. The summed E-state index contributed by atoms with van der Waals surface area (Å²) >= 11 is 0. The van der Waals surface area contributed by atoms with Gasteiger partial charge in [-0.1, -0.05) is 36.4 Å². The van der Waals surface area contributed by atoms with Gasteiger partial charge in [0.15, 0.2) is 0 Å². The molecule has 0 fully saturated rings. The van der Waals surface area contributed by atoms with Crippen molar-refractivity contribution in [2.45, 2.75) is 12.3 Å². The van der Waals surface area contributed by atoms with E-state index < -0.39 is 0 Å². The monoisotopic (exact) mass is 160 g/mol. The lowest BCUT2D eigenvalue weighted by molar-refractivity contribution is -0.109. The van der Waals surface area contributed by atoms with Crippen molar-refractivity contribution in [1.29, 1.82) is 0 Å². The Bertz CT molecular complexity index is 251. The van der Waals surface area contributed by atoms with Gasteiger partial charge in [0.05, 0.1) is 0 Å². The van der Waals surface area contributed by atoms with E-state index in [1.807, 2.05) is 30.3 Å². The van der Waals surface area contributed by atoms with Crippen LogP contribution in [0.2, 0.25) is 0 Å². The minimum Gasteiger partial charge on any atom is -0.303 e. The molecule has 0 spiro atoms. The van der Waals surface area contributed by atoms with E-state index in [9.17, 15) is 4.79 Å². The summed E-state index contributed by atoms with van der Waals surface area (Å²) in [7, 11) is 0. The Morgan fingerprint density at radius 3 is 2.50 bits per heavy atom. The van der Waals surface area contributed by atoms with E-state index in [0.717, 1.165) is 11.8 Å². The zero-order chi connectivity index (χ0) is 8.81. The standard InChI is InChI=1S/C11H12O/c1-2-6-11(9-12)10-7-4-3-5-8-10/h2-5,7-9,11H,1,6H2/t11-/m1/s1. The predicted octanol–water partition coefficient (Wildman–Crippen LogP) is 2.55. The van der Waals surface area contributed by atoms with Gasteiger partial charge in [-0.25, -0.2) is 0 Å². The molecule has 1 atom stereocenters. The molecular weight excluding hydrogens is 148 g/mol. The van der Waals surface area contributed by atoms with Gasteiger partial charge >= 0.3 is 0 Å². The first-order valence-corrected chi connectivity index (χ1v) is 3.99. The van der Waals surface area contributed by atoms with Crippen LogP contribution in [0.15, 0.2) is 43.0 Å². The third kappa shape index (κ3) is 2.06. The number of rotatable bonds is 4. The predicted molar refractivity (Wildman–Crippen MR) is 50.1 cm³/mol. The molecule has 0 aliphatic carbocycles. The Kier molecular flexibility index (Phi) is 3.27. The molecule has 12 heavy (non-hydrogen) atoms. The summed E-state index contributed by atoms with van der Waals surface area (Å²) in [5.41, 5.74) is 1.06. The zero-order valence-electron chi connectivity index (χ0n) is 6.94. The zero-order valence-corrected chi connectivity index (χ0v) is 6.94. The first-order valence-electron chi connectivity index (χ1n) is 3.99. The largest absolute Gasteiger partial charge is 0.303 e. The number of hydrogen-bond acceptors (Lipinski definition) is 1. The molecule has 0 unspecified atom stereocenters. The highest BCUT2D eigenvalue weighted by Crippen LogP contribution is 2.16. The van der Waals surface area contributed by atoms with Crippen molar-refractivity contribution in [3.63, 3.8) is 0 Å². The Labute approximate surface area is 72.7 Å². The smallest absolute Gasteiger partial charge is 0.127 e. The minimum atomic E-state index is -0.0244. The molecular formula is C11H12O. The number of hydrogen-bond donors (Lipinski definition) is 0. The van der Waals surface area contributed by atoms with Gasteiger partial charge in [-0.15, -0.1) is 6.58 Å². The van der Waals surface area contributed by atoms with Crippen molar-refractivity contribution >= 4 is 6.29 Å². The second kappa shape index (κ2) is 4.50. The second-order valence-electron chi connectivity index (χ2n) is 2.68. The van der Waals surface area contributed by atoms with Gasteiger partial charge < -0.3 is 4.79 Å². The summed E-state index contributed by atoms with van der Waals surface area (Å²) in [6.07, 6.45) is 3.45. The average Bonchev–Trinajstić information content (AvgIpc) is 2.15. The Morgan fingerprint density at radius 2 is 2.00 bits per heavy atom. The molecule has 0 saturated heterocycles. The SMILES string of the molecule is C=CC[C@H](C=O)c1ccccc1. The molecule has 0 N–H and O–H groups in total. The number of carbonyl (C=O) groups is 1. The van der Waals surface area contributed by atoms with E-state index >= 15 is 0 Å². The molecule has 0 heterocycles. The van der Waals surface area contributed by atoms with Crippen molar-refractivity contribution < 1.29 is 4.79 Å². The number of carbonyl (C=O) groups excluding carboxylic acids is 1. The molecule has 0 radical (unpaired) electrons. The Balaban J connectivity index is 2.79. The van der Waals surface area contributed by atoms with E-state index in [-0.39, 0.29) is 5.92 Å². The van der Waals surface area contributed by atoms with E-state index in [4.69, 9.17) is 0 Å². The van der Waals surface area contributed by atoms with Crippen LogP contribution in [0.25, 0.3) is 0 Å². The fourth-order valence-corrected chi connectivity index (χ4v) is 1.15. The van der Waals surface area contributed by atoms with Crippen molar-refractivity contribution in [3.05, 3.63) is 48.6 Å². The quantitative estimate of drug-likeness (QED) is 0.488. The number of benzene rings is 1. The van der Waals surface area contributed by atoms with Gasteiger partial charge in [-0.05, 0) is 12.0 Å². The van der Waals surface area contributed by atoms with Gasteiger partial charge in [-0.3, -0.25) is 0 Å². The van der Waals surface area contributed by atoms with Gasteiger partial charge in [0, 0.05) is 5.92 Å². The highest BCUT2D eigenvalue weighted by atomic mass is 16.1. The van der Waals surface area contributed by atoms with Crippen LogP contribution < -0.4 is 0 Å². The summed E-state index contributed by atoms with van der Waals surface area (Å²) < 4.78 is 0. The lowest BCUT2D eigenvalue weighted by Gasteiger charge is -2.06. The van der Waals surface area contributed by atoms with Crippen LogP contribution in [0.5, 0.6) is 0 Å². The number of allylic oxidation sites excluding steroid dienone is 1. The van der Waals surface area contributed by atoms with Crippen LogP contribution in [0.1, 0.15) is 17.9 Å². The minimum absolute atomic E-state index is 0.0244. The molecule has 0 aliphatic rings. The maximum absolute atomic E-state index is 10.6. The Hall–Kier alpha value is -1.37. The first-order chi connectivity index (χ1) is 5.88. The third-order valence-corrected chi connectivity index (χ3v) is 1.81. The van der Waals surface area contributed by atoms with Gasteiger partial charge in [0.25, 0.3) is 0 Å². The number of aldehydes is 1. The molecule has 1 aromatic rings. The maximum atomic E-state index is 10.6. The van der Waals surface area contributed by atoms with Crippen molar-refractivity contribution in [3.8, 4) is 0 Å². The molecule has 0 aromatic heterocycles. The van der Waals surface area contributed by atoms with Crippen molar-refractivity contribution in [2.75, 3.05) is 0 Å². The first kappa shape index (κ1) is 8.72. The van der Waals surface area contributed by atoms with Crippen LogP contribution in [-0.4, -0.2) is 6.29 Å². The van der Waals surface area contributed by atoms with Crippen LogP contribution in [0.3, 0.4) is 0 Å². The molecule has 0 bridgehead atoms. The van der Waals surface area contributed by atoms with E-state index in [1.54, 1.807) is 6.08 Å². The molecule has 0 saturated carbocycles. The van der Waals surface area contributed by atoms with Crippen LogP contribution in [0, 0.1) is 0 Å². The van der Waals surface area contributed by atoms with E-state index in [1.165, 1.54) is 0 Å². The second-order valence-corrected chi connectivity index (χ2v) is 2.68. The third-order valence-electron chi connectivity index (χ3n) is 1.81. The molecule has 1 rings (SSSR count). The molecule has 0 aliphatic heterocycles. The highest BCUT2D eigenvalue weighted by Gasteiger charge is 2.06. The van der Waals surface area contributed by atoms with Gasteiger partial charge in [0.1, 0.15) is 6.29 Å². The topological polar surface area (TPSA) is 17.1 Å². The fourth-order valence-electron chi connectivity index (χ4n) is 1.15. The molecule has 1 heteroatoms. The summed E-state index contributed by atoms with van der Waals surface area (Å²) in [6, 6.07) is 9.74. The average molecular weight is 160 g/mol. The summed E-state index contributed by atoms with van der Waals surface area (Å²) in [5.74, 6) is -0.0244. The normalized spacial score (nSPS) is 12.0. The van der Waals surface area contributed by atoms with Crippen molar-refractivity contribution in [1.82, 2.24) is 0 Å². The lowest BCUT2D eigenvalue weighted by Crippen LogP contribution is -1.97. The Morgan fingerprint density at radius 1 is 1.33 bits per heavy atom. The van der Waals surface area contributed by atoms with E-state index in [2.05, 4.69) is 6.58 Å². The summed E-state index contributed by atoms with van der Waals surface area (Å²) in [5, 5.41) is 0. The fraction of sp³-hybridized carbons (Fsp3) is 0.182. The lowest BCUT2D eigenvalue weighted by atomic mass is 9.98. The van der Waals surface area contributed by atoms with Gasteiger partial charge in [0.2, 0.25) is 0 Å². The molecule has 0 amide bonds. The maximum Gasteiger partial charge on any atom is 0.127 e. The summed E-state index contributed by atoms with van der Waals surface area (Å²) in [4.78, 5) is 10.6. The van der Waals surface area contributed by atoms with Crippen LogP contribution in [0.4, 0.5) is 0 Å². The van der Waals surface area contributed by atoms with Crippen LogP contribution >= 0.6 is 0 Å². The molecule has 1 nitrogen and oxygen atoms in total. The highest BCUT2D eigenvalue weighted by molar-refractivity contribution is 5.62. The van der Waals surface area contributed by atoms with E-state index in [0.29, 0.717) is 6.42 Å². The van der Waals surface area contributed by atoms with Crippen molar-refractivity contribution in [2.24, 2.45) is 0 Å². The molecule has 1 aromatic carbocycles. The van der Waals surface area contributed by atoms with Crippen LogP contribution in [-0.2, 0) is 4.79 Å².